The van der Waals surface area contributed by atoms with Gasteiger partial charge in [0, 0.05) is 4.47 Å². The maximum absolute atomic E-state index is 13.2. The van der Waals surface area contributed by atoms with E-state index in [-0.39, 0.29) is 30.1 Å². The van der Waals surface area contributed by atoms with Gasteiger partial charge in [-0.25, -0.2) is 4.90 Å². The number of carbonyl (C=O) groups is 3. The number of aliphatic carboxylic acids is 1. The van der Waals surface area contributed by atoms with E-state index in [1.807, 2.05) is 19.1 Å². The molecule has 1 N–H and O–H groups in total. The first-order valence-corrected chi connectivity index (χ1v) is 8.70. The Labute approximate surface area is 147 Å². The molecule has 4 rings (SSSR count). The van der Waals surface area contributed by atoms with Crippen molar-refractivity contribution in [3.8, 4) is 0 Å². The Morgan fingerprint density at radius 1 is 1.38 bits per heavy atom. The Bertz CT molecular complexity index is 817. The average Bonchev–Trinajstić information content (AvgIpc) is 3.15. The normalized spacial score (nSPS) is 33.4. The topological polar surface area (TPSA) is 74.7 Å². The lowest BCUT2D eigenvalue weighted by molar-refractivity contribution is -0.145. The number of aryl methyl sites for hydroxylation is 1. The van der Waals surface area contributed by atoms with E-state index in [0.29, 0.717) is 12.1 Å². The zero-order valence-corrected chi connectivity index (χ0v) is 14.6. The van der Waals surface area contributed by atoms with Crippen LogP contribution in [0.2, 0.25) is 0 Å². The zero-order valence-electron chi connectivity index (χ0n) is 13.0. The molecule has 1 saturated carbocycles. The third kappa shape index (κ3) is 1.83. The standard InChI is InChI=1S/C18H16BrNO4/c1-9-6-12(4-5-13(9)19)20-16(23)15-10-2-3-11(7-10)18(15,17(20)24)8-14(21)22/h2-6,10-11,15H,7-8H2,1H3,(H,21,22). The molecule has 2 aliphatic carbocycles. The van der Waals surface area contributed by atoms with Crippen LogP contribution in [0.25, 0.3) is 0 Å². The molecule has 3 aliphatic rings. The van der Waals surface area contributed by atoms with Crippen LogP contribution in [0.1, 0.15) is 18.4 Å². The molecule has 1 saturated heterocycles. The predicted octanol–water partition coefficient (Wildman–Crippen LogP) is 2.91. The number of hydrogen-bond donors (Lipinski definition) is 1. The molecule has 1 heterocycles. The summed E-state index contributed by atoms with van der Waals surface area (Å²) < 4.78 is 0.896. The van der Waals surface area contributed by atoms with E-state index < -0.39 is 17.3 Å². The monoisotopic (exact) mass is 389 g/mol. The van der Waals surface area contributed by atoms with Crippen molar-refractivity contribution in [2.24, 2.45) is 23.2 Å². The maximum Gasteiger partial charge on any atom is 0.304 e. The number of carboxylic acid groups (broad SMARTS) is 1. The second-order valence-electron chi connectivity index (χ2n) is 6.89. The fourth-order valence-electron chi connectivity index (χ4n) is 4.69. The third-order valence-electron chi connectivity index (χ3n) is 5.69. The molecule has 1 aliphatic heterocycles. The van der Waals surface area contributed by atoms with Gasteiger partial charge in [0.05, 0.1) is 23.4 Å². The van der Waals surface area contributed by atoms with Crippen molar-refractivity contribution in [3.63, 3.8) is 0 Å². The summed E-state index contributed by atoms with van der Waals surface area (Å²) in [6, 6.07) is 5.30. The molecule has 6 heteroatoms. The van der Waals surface area contributed by atoms with Gasteiger partial charge in [0.15, 0.2) is 0 Å². The number of halogens is 1. The quantitative estimate of drug-likeness (QED) is 0.636. The van der Waals surface area contributed by atoms with Crippen LogP contribution in [-0.2, 0) is 14.4 Å². The molecule has 4 atom stereocenters. The lowest BCUT2D eigenvalue weighted by Crippen LogP contribution is -2.41. The van der Waals surface area contributed by atoms with Crippen LogP contribution in [0.5, 0.6) is 0 Å². The number of carboxylic acids is 1. The molecule has 5 nitrogen and oxygen atoms in total. The highest BCUT2D eigenvalue weighted by atomic mass is 79.9. The molecule has 2 bridgehead atoms. The summed E-state index contributed by atoms with van der Waals surface area (Å²) >= 11 is 3.41. The van der Waals surface area contributed by atoms with Gasteiger partial charge in [-0.15, -0.1) is 0 Å². The van der Waals surface area contributed by atoms with Gasteiger partial charge < -0.3 is 5.11 Å². The van der Waals surface area contributed by atoms with Crippen LogP contribution in [-0.4, -0.2) is 22.9 Å². The molecule has 24 heavy (non-hydrogen) atoms. The number of benzene rings is 1. The summed E-state index contributed by atoms with van der Waals surface area (Å²) in [4.78, 5) is 38.9. The number of rotatable bonds is 3. The first kappa shape index (κ1) is 15.6. The van der Waals surface area contributed by atoms with Gasteiger partial charge in [-0.2, -0.15) is 0 Å². The van der Waals surface area contributed by atoms with Crippen molar-refractivity contribution in [2.75, 3.05) is 4.90 Å². The fraction of sp³-hybridized carbons (Fsp3) is 0.389. The van der Waals surface area contributed by atoms with Crippen LogP contribution in [0, 0.1) is 30.1 Å². The van der Waals surface area contributed by atoms with Crippen LogP contribution in [0.3, 0.4) is 0 Å². The molecule has 124 valence electrons. The minimum atomic E-state index is -1.12. The Morgan fingerprint density at radius 3 is 2.79 bits per heavy atom. The van der Waals surface area contributed by atoms with E-state index in [0.717, 1.165) is 10.0 Å². The van der Waals surface area contributed by atoms with E-state index >= 15 is 0 Å². The fourth-order valence-corrected chi connectivity index (χ4v) is 4.94. The Balaban J connectivity index is 1.83. The highest BCUT2D eigenvalue weighted by molar-refractivity contribution is 9.10. The minimum absolute atomic E-state index is 0.0349. The lowest BCUT2D eigenvalue weighted by Gasteiger charge is -2.31. The van der Waals surface area contributed by atoms with Gasteiger partial charge in [0.1, 0.15) is 0 Å². The second kappa shape index (κ2) is 5.02. The maximum atomic E-state index is 13.2. The molecule has 0 radical (unpaired) electrons. The van der Waals surface area contributed by atoms with E-state index in [1.165, 1.54) is 4.90 Å². The molecule has 2 fully saturated rings. The number of amides is 2. The number of anilines is 1. The largest absolute Gasteiger partial charge is 0.481 e. The summed E-state index contributed by atoms with van der Waals surface area (Å²) in [5.74, 6) is -2.41. The van der Waals surface area contributed by atoms with Gasteiger partial charge >= 0.3 is 5.97 Å². The van der Waals surface area contributed by atoms with Crippen molar-refractivity contribution >= 4 is 39.4 Å². The molecular formula is C18H16BrNO4. The van der Waals surface area contributed by atoms with Crippen molar-refractivity contribution in [2.45, 2.75) is 19.8 Å². The Kier molecular flexibility index (Phi) is 3.26. The summed E-state index contributed by atoms with van der Waals surface area (Å²) in [5, 5.41) is 9.37. The van der Waals surface area contributed by atoms with Crippen molar-refractivity contribution in [1.82, 2.24) is 0 Å². The first-order valence-electron chi connectivity index (χ1n) is 7.91. The molecule has 1 aromatic rings. The molecule has 0 spiro atoms. The smallest absolute Gasteiger partial charge is 0.304 e. The number of allylic oxidation sites excluding steroid dienone is 2. The van der Waals surface area contributed by atoms with Gasteiger partial charge in [-0.1, -0.05) is 28.1 Å². The van der Waals surface area contributed by atoms with Crippen molar-refractivity contribution in [1.29, 1.82) is 0 Å². The molecule has 0 aromatic heterocycles. The van der Waals surface area contributed by atoms with E-state index in [2.05, 4.69) is 15.9 Å². The SMILES string of the molecule is Cc1cc(N2C(=O)C3C4C=CC(C4)C3(CC(=O)O)C2=O)ccc1Br. The number of nitrogens with zero attached hydrogens (tertiary/aromatic N) is 1. The lowest BCUT2D eigenvalue weighted by atomic mass is 9.68. The van der Waals surface area contributed by atoms with Gasteiger partial charge in [-0.05, 0) is 48.9 Å². The number of carbonyl (C=O) groups excluding carboxylic acids is 2. The van der Waals surface area contributed by atoms with Crippen molar-refractivity contribution in [3.05, 3.63) is 40.4 Å². The predicted molar refractivity (Wildman–Crippen MR) is 90.3 cm³/mol. The molecule has 1 aromatic carbocycles. The van der Waals surface area contributed by atoms with E-state index in [1.54, 1.807) is 18.2 Å². The van der Waals surface area contributed by atoms with E-state index in [9.17, 15) is 19.5 Å². The number of fused-ring (bicyclic) bond motifs is 5. The minimum Gasteiger partial charge on any atom is -0.481 e. The summed E-state index contributed by atoms with van der Waals surface area (Å²) in [5.41, 5.74) is 0.311. The zero-order chi connectivity index (χ0) is 17.2. The highest BCUT2D eigenvalue weighted by Crippen LogP contribution is 2.62. The Hall–Kier alpha value is -1.95. The molecule has 4 unspecified atom stereocenters. The number of hydrogen-bond acceptors (Lipinski definition) is 3. The first-order chi connectivity index (χ1) is 11.4. The second-order valence-corrected chi connectivity index (χ2v) is 7.75. The van der Waals surface area contributed by atoms with Gasteiger partial charge in [0.2, 0.25) is 11.8 Å². The van der Waals surface area contributed by atoms with Crippen LogP contribution < -0.4 is 4.90 Å². The third-order valence-corrected chi connectivity index (χ3v) is 6.58. The number of imide groups is 1. The van der Waals surface area contributed by atoms with Crippen LogP contribution in [0.15, 0.2) is 34.8 Å². The van der Waals surface area contributed by atoms with E-state index in [4.69, 9.17) is 0 Å². The molecule has 2 amide bonds. The molecular weight excluding hydrogens is 374 g/mol. The summed E-state index contributed by atoms with van der Waals surface area (Å²) in [7, 11) is 0. The van der Waals surface area contributed by atoms with Gasteiger partial charge in [-0.3, -0.25) is 14.4 Å². The van der Waals surface area contributed by atoms with Gasteiger partial charge in [0.25, 0.3) is 0 Å². The van der Waals surface area contributed by atoms with Crippen LogP contribution >= 0.6 is 15.9 Å². The summed E-state index contributed by atoms with van der Waals surface area (Å²) in [6.07, 6.45) is 4.30. The highest BCUT2D eigenvalue weighted by Gasteiger charge is 2.70. The Morgan fingerprint density at radius 2 is 2.12 bits per heavy atom. The van der Waals surface area contributed by atoms with Crippen molar-refractivity contribution < 1.29 is 19.5 Å². The average molecular weight is 390 g/mol. The summed E-state index contributed by atoms with van der Waals surface area (Å²) in [6.45, 7) is 1.89. The van der Waals surface area contributed by atoms with Crippen LogP contribution in [0.4, 0.5) is 5.69 Å².